The monoisotopic (exact) mass is 287 g/mol. The number of anilines is 1. The van der Waals surface area contributed by atoms with Gasteiger partial charge < -0.3 is 5.32 Å². The highest BCUT2D eigenvalue weighted by molar-refractivity contribution is 7.09. The van der Waals surface area contributed by atoms with E-state index in [1.807, 2.05) is 0 Å². The Balaban J connectivity index is 2.21. The van der Waals surface area contributed by atoms with E-state index in [0.717, 1.165) is 37.2 Å². The summed E-state index contributed by atoms with van der Waals surface area (Å²) in [7, 11) is 0. The van der Waals surface area contributed by atoms with Crippen LogP contribution in [0, 0.1) is 0 Å². The minimum Gasteiger partial charge on any atom is -0.360 e. The van der Waals surface area contributed by atoms with Crippen LogP contribution in [0.1, 0.15) is 31.5 Å². The van der Waals surface area contributed by atoms with Crippen LogP contribution in [0.25, 0.3) is 0 Å². The lowest BCUT2D eigenvalue weighted by atomic mass is 10.2. The summed E-state index contributed by atoms with van der Waals surface area (Å²) in [5.41, 5.74) is 0. The van der Waals surface area contributed by atoms with Gasteiger partial charge in [0.1, 0.15) is 0 Å². The fourth-order valence-corrected chi connectivity index (χ4v) is 1.98. The lowest BCUT2D eigenvalue weighted by Crippen LogP contribution is -2.08. The summed E-state index contributed by atoms with van der Waals surface area (Å²) >= 11 is 6.25. The highest BCUT2D eigenvalue weighted by atomic mass is 35.5. The van der Waals surface area contributed by atoms with Crippen molar-refractivity contribution in [1.29, 1.82) is 0 Å². The number of alkyl halides is 4. The molecule has 0 aliphatic carbocycles. The maximum absolute atomic E-state index is 12.2. The standard InChI is InChI=1S/C9H13ClF3N3S/c10-5-3-1-2-4-6-14-8-15-7(16-17-8)9(11,12)13/h1-6H2,(H,14,15,16). The number of unbranched alkanes of at least 4 members (excludes halogenated alkanes) is 3. The van der Waals surface area contributed by atoms with Crippen molar-refractivity contribution in [3.63, 3.8) is 0 Å². The van der Waals surface area contributed by atoms with Gasteiger partial charge in [0.05, 0.1) is 0 Å². The summed E-state index contributed by atoms with van der Waals surface area (Å²) in [5, 5.41) is 3.04. The average molecular weight is 288 g/mol. The molecule has 0 aromatic carbocycles. The van der Waals surface area contributed by atoms with Gasteiger partial charge in [0.15, 0.2) is 0 Å². The molecule has 1 rings (SSSR count). The predicted octanol–water partition coefficient (Wildman–Crippen LogP) is 3.77. The highest BCUT2D eigenvalue weighted by Gasteiger charge is 2.35. The molecule has 0 unspecified atom stereocenters. The molecule has 17 heavy (non-hydrogen) atoms. The van der Waals surface area contributed by atoms with Crippen molar-refractivity contribution in [2.75, 3.05) is 17.7 Å². The van der Waals surface area contributed by atoms with Crippen molar-refractivity contribution in [3.8, 4) is 0 Å². The van der Waals surface area contributed by atoms with Crippen molar-refractivity contribution in [3.05, 3.63) is 5.82 Å². The van der Waals surface area contributed by atoms with E-state index in [0.29, 0.717) is 12.4 Å². The number of nitrogens with zero attached hydrogens (tertiary/aromatic N) is 2. The molecule has 0 saturated heterocycles. The SMILES string of the molecule is FC(F)(F)c1nsc(NCCCCCCCl)n1. The second-order valence-electron chi connectivity index (χ2n) is 3.45. The van der Waals surface area contributed by atoms with Gasteiger partial charge in [-0.2, -0.15) is 22.5 Å². The third-order valence-electron chi connectivity index (χ3n) is 2.02. The second-order valence-corrected chi connectivity index (χ2v) is 4.58. The summed E-state index contributed by atoms with van der Waals surface area (Å²) in [6, 6.07) is 0. The summed E-state index contributed by atoms with van der Waals surface area (Å²) < 4.78 is 39.8. The second kappa shape index (κ2) is 7.00. The van der Waals surface area contributed by atoms with Crippen molar-refractivity contribution in [2.24, 2.45) is 0 Å². The van der Waals surface area contributed by atoms with Gasteiger partial charge >= 0.3 is 6.18 Å². The topological polar surface area (TPSA) is 37.8 Å². The van der Waals surface area contributed by atoms with E-state index in [2.05, 4.69) is 14.7 Å². The van der Waals surface area contributed by atoms with E-state index in [4.69, 9.17) is 11.6 Å². The number of aromatic nitrogens is 2. The van der Waals surface area contributed by atoms with Crippen LogP contribution in [-0.4, -0.2) is 21.8 Å². The number of halogens is 4. The molecule has 0 atom stereocenters. The molecular formula is C9H13ClF3N3S. The minimum atomic E-state index is -4.46. The van der Waals surface area contributed by atoms with Crippen molar-refractivity contribution < 1.29 is 13.2 Å². The first-order valence-corrected chi connectivity index (χ1v) is 6.55. The van der Waals surface area contributed by atoms with Crippen molar-refractivity contribution in [2.45, 2.75) is 31.9 Å². The summed E-state index contributed by atoms with van der Waals surface area (Å²) in [6.45, 7) is 0.606. The minimum absolute atomic E-state index is 0.217. The van der Waals surface area contributed by atoms with Crippen molar-refractivity contribution in [1.82, 2.24) is 9.36 Å². The van der Waals surface area contributed by atoms with Crippen LogP contribution in [0.15, 0.2) is 0 Å². The fraction of sp³-hybridized carbons (Fsp3) is 0.778. The molecule has 0 aliphatic rings. The van der Waals surface area contributed by atoms with Gasteiger partial charge in [-0.1, -0.05) is 12.8 Å². The number of rotatable bonds is 7. The van der Waals surface area contributed by atoms with E-state index < -0.39 is 12.0 Å². The molecule has 8 heteroatoms. The number of hydrogen-bond acceptors (Lipinski definition) is 4. The van der Waals surface area contributed by atoms with Gasteiger partial charge in [-0.15, -0.1) is 11.6 Å². The van der Waals surface area contributed by atoms with E-state index in [1.165, 1.54) is 0 Å². The van der Waals surface area contributed by atoms with Gasteiger partial charge in [0, 0.05) is 24.0 Å². The van der Waals surface area contributed by atoms with Crippen LogP contribution in [0.2, 0.25) is 0 Å². The fourth-order valence-electron chi connectivity index (χ4n) is 1.18. The molecule has 0 amide bonds. The van der Waals surface area contributed by atoms with Crippen LogP contribution in [0.4, 0.5) is 18.3 Å². The molecule has 0 saturated carbocycles. The van der Waals surface area contributed by atoms with Crippen molar-refractivity contribution >= 4 is 28.3 Å². The van der Waals surface area contributed by atoms with Gasteiger partial charge in [-0.3, -0.25) is 0 Å². The van der Waals surface area contributed by atoms with E-state index in [-0.39, 0.29) is 5.13 Å². The van der Waals surface area contributed by atoms with Crippen LogP contribution in [-0.2, 0) is 6.18 Å². The molecule has 0 spiro atoms. The largest absolute Gasteiger partial charge is 0.452 e. The maximum Gasteiger partial charge on any atom is 0.452 e. The summed E-state index contributed by atoms with van der Waals surface area (Å²) in [4.78, 5) is 3.37. The van der Waals surface area contributed by atoms with Gasteiger partial charge in [-0.25, -0.2) is 0 Å². The third-order valence-corrected chi connectivity index (χ3v) is 2.96. The smallest absolute Gasteiger partial charge is 0.360 e. The predicted molar refractivity (Wildman–Crippen MR) is 62.6 cm³/mol. The Kier molecular flexibility index (Phi) is 5.97. The average Bonchev–Trinajstić information content (AvgIpc) is 2.71. The molecule has 0 fully saturated rings. The summed E-state index contributed by atoms with van der Waals surface area (Å²) in [5.74, 6) is -0.425. The molecule has 1 heterocycles. The van der Waals surface area contributed by atoms with Gasteiger partial charge in [0.25, 0.3) is 0 Å². The van der Waals surface area contributed by atoms with E-state index >= 15 is 0 Å². The molecule has 98 valence electrons. The highest BCUT2D eigenvalue weighted by Crippen LogP contribution is 2.28. The van der Waals surface area contributed by atoms with Crippen LogP contribution in [0.3, 0.4) is 0 Å². The first-order chi connectivity index (χ1) is 8.04. The van der Waals surface area contributed by atoms with E-state index in [1.54, 1.807) is 0 Å². The Bertz CT molecular complexity index is 330. The molecule has 0 bridgehead atoms. The Hall–Kier alpha value is -0.560. The van der Waals surface area contributed by atoms with Gasteiger partial charge in [-0.05, 0) is 12.8 Å². The lowest BCUT2D eigenvalue weighted by molar-refractivity contribution is -0.144. The Labute approximate surface area is 107 Å². The molecule has 3 nitrogen and oxygen atoms in total. The first kappa shape index (κ1) is 14.5. The number of nitrogens with one attached hydrogen (secondary N) is 1. The third kappa shape index (κ3) is 5.54. The molecule has 1 aromatic rings. The molecule has 1 N–H and O–H groups in total. The first-order valence-electron chi connectivity index (χ1n) is 5.25. The van der Waals surface area contributed by atoms with E-state index in [9.17, 15) is 13.2 Å². The zero-order valence-corrected chi connectivity index (χ0v) is 10.6. The molecule has 0 aliphatic heterocycles. The Morgan fingerprint density at radius 3 is 2.47 bits per heavy atom. The van der Waals surface area contributed by atoms with Gasteiger partial charge in [0.2, 0.25) is 11.0 Å². The molecule has 0 radical (unpaired) electrons. The normalized spacial score (nSPS) is 11.8. The quantitative estimate of drug-likeness (QED) is 0.613. The Morgan fingerprint density at radius 1 is 1.18 bits per heavy atom. The maximum atomic E-state index is 12.2. The zero-order chi connectivity index (χ0) is 12.7. The van der Waals surface area contributed by atoms with Crippen LogP contribution in [0.5, 0.6) is 0 Å². The number of hydrogen-bond donors (Lipinski definition) is 1. The Morgan fingerprint density at radius 2 is 1.88 bits per heavy atom. The van der Waals surface area contributed by atoms with Crippen LogP contribution < -0.4 is 5.32 Å². The zero-order valence-electron chi connectivity index (χ0n) is 9.06. The van der Waals surface area contributed by atoms with Crippen LogP contribution >= 0.6 is 23.1 Å². The molecular weight excluding hydrogens is 275 g/mol. The molecule has 1 aromatic heterocycles. The summed E-state index contributed by atoms with van der Waals surface area (Å²) in [6.07, 6.45) is -0.563. The lowest BCUT2D eigenvalue weighted by Gasteiger charge is -2.01.